The van der Waals surface area contributed by atoms with Gasteiger partial charge in [0.05, 0.1) is 17.2 Å². The van der Waals surface area contributed by atoms with Gasteiger partial charge in [0.15, 0.2) is 0 Å². The fourth-order valence-corrected chi connectivity index (χ4v) is 2.29. The predicted molar refractivity (Wildman–Crippen MR) is 68.1 cm³/mol. The van der Waals surface area contributed by atoms with Crippen molar-refractivity contribution in [3.8, 4) is 17.9 Å². The summed E-state index contributed by atoms with van der Waals surface area (Å²) in [5.74, 6) is 0.208. The van der Waals surface area contributed by atoms with E-state index in [0.29, 0.717) is 11.1 Å². The zero-order chi connectivity index (χ0) is 13.0. The van der Waals surface area contributed by atoms with E-state index in [9.17, 15) is 5.11 Å². The highest BCUT2D eigenvalue weighted by Crippen LogP contribution is 2.31. The van der Waals surface area contributed by atoms with Crippen molar-refractivity contribution in [1.82, 2.24) is 0 Å². The number of rotatable bonds is 2. The third kappa shape index (κ3) is 2.63. The summed E-state index contributed by atoms with van der Waals surface area (Å²) in [5, 5.41) is 27.0. The summed E-state index contributed by atoms with van der Waals surface area (Å²) in [6.45, 7) is 0. The minimum Gasteiger partial charge on any atom is -0.508 e. The average molecular weight is 252 g/mol. The molecule has 4 heteroatoms. The summed E-state index contributed by atoms with van der Waals surface area (Å²) in [4.78, 5) is 1.72. The predicted octanol–water partition coefficient (Wildman–Crippen LogP) is 3.29. The molecule has 0 aromatic heterocycles. The van der Waals surface area contributed by atoms with E-state index in [0.717, 1.165) is 9.79 Å². The van der Waals surface area contributed by atoms with Crippen LogP contribution in [-0.4, -0.2) is 5.11 Å². The van der Waals surface area contributed by atoms with Gasteiger partial charge in [-0.15, -0.1) is 0 Å². The molecule has 2 aromatic carbocycles. The van der Waals surface area contributed by atoms with Gasteiger partial charge in [-0.1, -0.05) is 11.8 Å². The third-order valence-electron chi connectivity index (χ3n) is 2.29. The van der Waals surface area contributed by atoms with Gasteiger partial charge >= 0.3 is 0 Å². The molecule has 0 aliphatic rings. The van der Waals surface area contributed by atoms with Gasteiger partial charge in [-0.25, -0.2) is 0 Å². The molecule has 0 radical (unpaired) electrons. The van der Waals surface area contributed by atoms with Crippen LogP contribution in [0.3, 0.4) is 0 Å². The summed E-state index contributed by atoms with van der Waals surface area (Å²) in [5.41, 5.74) is 0.953. The van der Waals surface area contributed by atoms with Gasteiger partial charge in [0, 0.05) is 9.79 Å². The minimum atomic E-state index is 0.208. The lowest BCUT2D eigenvalue weighted by Gasteiger charge is -2.04. The summed E-state index contributed by atoms with van der Waals surface area (Å²) >= 11 is 1.42. The Kier molecular flexibility index (Phi) is 3.52. The standard InChI is InChI=1S/C14H8N2OS/c15-8-10-1-6-14(11(7-10)9-16)18-13-4-2-12(17)3-5-13/h1-7,17H. The normalized spacial score (nSPS) is 9.44. The van der Waals surface area contributed by atoms with Crippen molar-refractivity contribution in [1.29, 1.82) is 10.5 Å². The van der Waals surface area contributed by atoms with E-state index < -0.39 is 0 Å². The van der Waals surface area contributed by atoms with Gasteiger partial charge < -0.3 is 5.11 Å². The maximum atomic E-state index is 9.19. The Bertz CT molecular complexity index is 651. The summed E-state index contributed by atoms with van der Waals surface area (Å²) < 4.78 is 0. The minimum absolute atomic E-state index is 0.208. The van der Waals surface area contributed by atoms with Crippen LogP contribution in [0.5, 0.6) is 5.75 Å². The molecule has 0 amide bonds. The number of hydrogen-bond acceptors (Lipinski definition) is 4. The molecule has 0 aliphatic heterocycles. The molecule has 0 atom stereocenters. The van der Waals surface area contributed by atoms with Gasteiger partial charge in [-0.05, 0) is 42.5 Å². The lowest BCUT2D eigenvalue weighted by Crippen LogP contribution is -1.84. The Labute approximate surface area is 109 Å². The van der Waals surface area contributed by atoms with Crippen molar-refractivity contribution in [3.05, 3.63) is 53.6 Å². The first kappa shape index (κ1) is 12.0. The van der Waals surface area contributed by atoms with E-state index in [1.165, 1.54) is 11.8 Å². The highest BCUT2D eigenvalue weighted by Gasteiger charge is 2.05. The van der Waals surface area contributed by atoms with Crippen LogP contribution in [0.4, 0.5) is 0 Å². The largest absolute Gasteiger partial charge is 0.508 e. The number of hydrogen-bond donors (Lipinski definition) is 1. The van der Waals surface area contributed by atoms with Gasteiger partial charge in [0.25, 0.3) is 0 Å². The monoisotopic (exact) mass is 252 g/mol. The van der Waals surface area contributed by atoms with E-state index in [2.05, 4.69) is 6.07 Å². The molecule has 3 nitrogen and oxygen atoms in total. The number of nitriles is 2. The maximum absolute atomic E-state index is 9.19. The van der Waals surface area contributed by atoms with Gasteiger partial charge in [-0.2, -0.15) is 10.5 Å². The first-order valence-corrected chi connectivity index (χ1v) is 5.95. The summed E-state index contributed by atoms with van der Waals surface area (Å²) in [6.07, 6.45) is 0. The zero-order valence-corrected chi connectivity index (χ0v) is 10.1. The molecule has 0 fully saturated rings. The molecule has 86 valence electrons. The van der Waals surface area contributed by atoms with E-state index in [1.54, 1.807) is 42.5 Å². The van der Waals surface area contributed by atoms with Crippen molar-refractivity contribution < 1.29 is 5.11 Å². The van der Waals surface area contributed by atoms with E-state index >= 15 is 0 Å². The molecule has 2 rings (SSSR count). The quantitative estimate of drug-likeness (QED) is 0.890. The van der Waals surface area contributed by atoms with Crippen LogP contribution in [0.15, 0.2) is 52.3 Å². The zero-order valence-electron chi connectivity index (χ0n) is 9.29. The first-order valence-electron chi connectivity index (χ1n) is 5.14. The van der Waals surface area contributed by atoms with Crippen molar-refractivity contribution in [3.63, 3.8) is 0 Å². The third-order valence-corrected chi connectivity index (χ3v) is 3.38. The molecule has 0 aliphatic carbocycles. The highest BCUT2D eigenvalue weighted by molar-refractivity contribution is 7.99. The topological polar surface area (TPSA) is 67.8 Å². The Morgan fingerprint density at radius 1 is 0.944 bits per heavy atom. The molecule has 0 bridgehead atoms. The smallest absolute Gasteiger partial charge is 0.115 e. The second-order valence-electron chi connectivity index (χ2n) is 3.53. The molecular formula is C14H8N2OS. The van der Waals surface area contributed by atoms with Crippen LogP contribution in [0.2, 0.25) is 0 Å². The Morgan fingerprint density at radius 2 is 1.67 bits per heavy atom. The second kappa shape index (κ2) is 5.27. The van der Waals surface area contributed by atoms with Crippen LogP contribution in [0.1, 0.15) is 11.1 Å². The van der Waals surface area contributed by atoms with E-state index in [4.69, 9.17) is 10.5 Å². The van der Waals surface area contributed by atoms with Crippen LogP contribution >= 0.6 is 11.8 Å². The fraction of sp³-hybridized carbons (Fsp3) is 0. The van der Waals surface area contributed by atoms with Gasteiger partial charge in [0.2, 0.25) is 0 Å². The Balaban J connectivity index is 2.32. The number of nitrogens with zero attached hydrogens (tertiary/aromatic N) is 2. The van der Waals surface area contributed by atoms with Crippen molar-refractivity contribution in [2.45, 2.75) is 9.79 Å². The van der Waals surface area contributed by atoms with Crippen LogP contribution in [0.25, 0.3) is 0 Å². The molecule has 0 saturated carbocycles. The first-order chi connectivity index (χ1) is 8.72. The number of benzene rings is 2. The van der Waals surface area contributed by atoms with E-state index in [1.807, 2.05) is 6.07 Å². The molecule has 0 heterocycles. The molecule has 0 spiro atoms. The van der Waals surface area contributed by atoms with Crippen molar-refractivity contribution in [2.24, 2.45) is 0 Å². The fourth-order valence-electron chi connectivity index (χ4n) is 1.42. The Hall–Kier alpha value is -2.43. The average Bonchev–Trinajstić information content (AvgIpc) is 2.41. The lowest BCUT2D eigenvalue weighted by molar-refractivity contribution is 0.475. The molecule has 1 N–H and O–H groups in total. The molecule has 18 heavy (non-hydrogen) atoms. The highest BCUT2D eigenvalue weighted by atomic mass is 32.2. The molecule has 0 saturated heterocycles. The molecular weight excluding hydrogens is 244 g/mol. The summed E-state index contributed by atoms with van der Waals surface area (Å²) in [6, 6.07) is 15.8. The Morgan fingerprint density at radius 3 is 2.28 bits per heavy atom. The van der Waals surface area contributed by atoms with Crippen LogP contribution in [-0.2, 0) is 0 Å². The molecule has 0 unspecified atom stereocenters. The number of phenols is 1. The molecule has 2 aromatic rings. The van der Waals surface area contributed by atoms with Gasteiger partial charge in [0.1, 0.15) is 11.8 Å². The van der Waals surface area contributed by atoms with Gasteiger partial charge in [-0.3, -0.25) is 0 Å². The second-order valence-corrected chi connectivity index (χ2v) is 4.65. The maximum Gasteiger partial charge on any atom is 0.115 e. The van der Waals surface area contributed by atoms with Crippen LogP contribution < -0.4 is 0 Å². The number of phenolic OH excluding ortho intramolecular Hbond substituents is 1. The van der Waals surface area contributed by atoms with Crippen molar-refractivity contribution in [2.75, 3.05) is 0 Å². The summed E-state index contributed by atoms with van der Waals surface area (Å²) in [7, 11) is 0. The SMILES string of the molecule is N#Cc1ccc(Sc2ccc(O)cc2)c(C#N)c1. The van der Waals surface area contributed by atoms with E-state index in [-0.39, 0.29) is 5.75 Å². The van der Waals surface area contributed by atoms with Crippen LogP contribution in [0, 0.1) is 22.7 Å². The lowest BCUT2D eigenvalue weighted by atomic mass is 10.1. The van der Waals surface area contributed by atoms with Crippen molar-refractivity contribution >= 4 is 11.8 Å². The number of aromatic hydroxyl groups is 1.